The van der Waals surface area contributed by atoms with Crippen LogP contribution in [0.25, 0.3) is 33.4 Å². The predicted octanol–water partition coefficient (Wildman–Crippen LogP) is 7.00. The van der Waals surface area contributed by atoms with Crippen molar-refractivity contribution in [2.45, 2.75) is 11.8 Å². The highest BCUT2D eigenvalue weighted by atomic mass is 14.6. The van der Waals surface area contributed by atoms with E-state index >= 15 is 0 Å². The Morgan fingerprint density at radius 3 is 1.75 bits per heavy atom. The normalized spacial score (nSPS) is 15.0. The monoisotopic (exact) mass is 405 g/mol. The lowest BCUT2D eigenvalue weighted by molar-refractivity contribution is 0.792. The molecule has 4 aromatic carbocycles. The number of benzene rings is 4. The van der Waals surface area contributed by atoms with Gasteiger partial charge in [0.05, 0.1) is 5.41 Å². The van der Waals surface area contributed by atoms with Crippen LogP contribution in [-0.2, 0) is 11.8 Å². The molecule has 0 amide bonds. The summed E-state index contributed by atoms with van der Waals surface area (Å²) in [6.45, 7) is 0. The Labute approximate surface area is 187 Å². The van der Waals surface area contributed by atoms with Crippen LogP contribution in [0.15, 0.2) is 103 Å². The predicted molar refractivity (Wildman–Crippen MR) is 129 cm³/mol. The topological polar surface area (TPSA) is 12.9 Å². The zero-order chi connectivity index (χ0) is 20.9. The van der Waals surface area contributed by atoms with Gasteiger partial charge in [-0.25, -0.2) is 0 Å². The van der Waals surface area contributed by atoms with Crippen molar-refractivity contribution in [1.29, 1.82) is 0 Å². The van der Waals surface area contributed by atoms with Crippen LogP contribution >= 0.6 is 0 Å². The van der Waals surface area contributed by atoms with Crippen molar-refractivity contribution >= 4 is 0 Å². The number of pyridine rings is 1. The second-order valence-corrected chi connectivity index (χ2v) is 9.15. The van der Waals surface area contributed by atoms with Gasteiger partial charge in [0.15, 0.2) is 0 Å². The second-order valence-electron chi connectivity index (χ2n) is 9.15. The Kier molecular flexibility index (Phi) is 2.94. The van der Waals surface area contributed by atoms with Crippen LogP contribution in [-0.4, -0.2) is 4.98 Å². The van der Waals surface area contributed by atoms with Crippen molar-refractivity contribution in [1.82, 2.24) is 4.98 Å². The first-order chi connectivity index (χ1) is 15.9. The summed E-state index contributed by atoms with van der Waals surface area (Å²) in [5.74, 6) is 0. The van der Waals surface area contributed by atoms with Crippen molar-refractivity contribution < 1.29 is 0 Å². The van der Waals surface area contributed by atoms with Crippen molar-refractivity contribution in [2.75, 3.05) is 0 Å². The van der Waals surface area contributed by atoms with E-state index in [2.05, 4.69) is 96.0 Å². The first-order valence-corrected chi connectivity index (χ1v) is 11.3. The molecule has 5 aromatic rings. The van der Waals surface area contributed by atoms with Gasteiger partial charge >= 0.3 is 0 Å². The lowest BCUT2D eigenvalue weighted by Gasteiger charge is -2.30. The summed E-state index contributed by atoms with van der Waals surface area (Å²) < 4.78 is 0. The molecule has 1 aromatic heterocycles. The van der Waals surface area contributed by atoms with E-state index in [1.54, 1.807) is 0 Å². The minimum Gasteiger partial charge on any atom is -0.264 e. The fourth-order valence-electron chi connectivity index (χ4n) is 6.62. The molecule has 148 valence electrons. The second kappa shape index (κ2) is 5.63. The third-order valence-corrected chi connectivity index (χ3v) is 7.80. The van der Waals surface area contributed by atoms with Gasteiger partial charge in [-0.2, -0.15) is 0 Å². The maximum atomic E-state index is 4.38. The molecule has 1 heteroatoms. The van der Waals surface area contributed by atoms with E-state index in [1.165, 1.54) is 66.8 Å². The molecule has 3 aliphatic carbocycles. The minimum absolute atomic E-state index is 0.249. The van der Waals surface area contributed by atoms with Crippen molar-refractivity contribution in [3.8, 4) is 33.4 Å². The Bertz CT molecular complexity index is 1560. The summed E-state index contributed by atoms with van der Waals surface area (Å²) in [5, 5.41) is 0. The average molecular weight is 406 g/mol. The fraction of sp³-hybridized carbons (Fsp3) is 0.0645. The molecule has 1 heterocycles. The van der Waals surface area contributed by atoms with E-state index in [0.717, 1.165) is 6.42 Å². The lowest BCUT2D eigenvalue weighted by Crippen LogP contribution is -2.25. The number of nitrogens with zero attached hydrogens (tertiary/aromatic N) is 1. The van der Waals surface area contributed by atoms with Gasteiger partial charge in [-0.15, -0.1) is 0 Å². The first kappa shape index (κ1) is 16.7. The molecule has 32 heavy (non-hydrogen) atoms. The molecule has 0 radical (unpaired) electrons. The standard InChI is InChI=1S/C31H19N/c1-4-10-27-22(7-1)23-8-2-5-11-28(23)31(27)29-12-6-3-9-24(29)26-17-25-19(16-30(26)31)15-20-18-32-14-13-21(20)25/h1-14,16-18H,15H2. The molecule has 1 nitrogen and oxygen atoms in total. The molecule has 8 rings (SSSR count). The average Bonchev–Trinajstić information content (AvgIpc) is 3.46. The summed E-state index contributed by atoms with van der Waals surface area (Å²) in [7, 11) is 0. The highest BCUT2D eigenvalue weighted by Crippen LogP contribution is 2.63. The quantitative estimate of drug-likeness (QED) is 0.265. The molecule has 0 aliphatic heterocycles. The summed E-state index contributed by atoms with van der Waals surface area (Å²) in [4.78, 5) is 4.38. The van der Waals surface area contributed by atoms with Gasteiger partial charge in [0.25, 0.3) is 0 Å². The number of fused-ring (bicyclic) bond motifs is 13. The summed E-state index contributed by atoms with van der Waals surface area (Å²) in [5.41, 5.74) is 16.3. The van der Waals surface area contributed by atoms with Crippen LogP contribution in [0.3, 0.4) is 0 Å². The molecule has 1 spiro atoms. The Hall–Kier alpha value is -3.97. The molecule has 0 bridgehead atoms. The van der Waals surface area contributed by atoms with Crippen LogP contribution in [0, 0.1) is 0 Å². The van der Waals surface area contributed by atoms with Gasteiger partial charge in [0.1, 0.15) is 0 Å². The fourth-order valence-corrected chi connectivity index (χ4v) is 6.62. The number of aromatic nitrogens is 1. The molecule has 0 saturated heterocycles. The van der Waals surface area contributed by atoms with Crippen LogP contribution in [0.1, 0.15) is 33.4 Å². The molecular weight excluding hydrogens is 386 g/mol. The molecule has 0 fully saturated rings. The van der Waals surface area contributed by atoms with Gasteiger partial charge in [0.2, 0.25) is 0 Å². The Morgan fingerprint density at radius 2 is 1.09 bits per heavy atom. The largest absolute Gasteiger partial charge is 0.264 e. The van der Waals surface area contributed by atoms with E-state index in [4.69, 9.17) is 0 Å². The summed E-state index contributed by atoms with van der Waals surface area (Å²) >= 11 is 0. The maximum absolute atomic E-state index is 4.38. The van der Waals surface area contributed by atoms with E-state index in [-0.39, 0.29) is 5.41 Å². The van der Waals surface area contributed by atoms with E-state index in [1.807, 2.05) is 12.4 Å². The van der Waals surface area contributed by atoms with Crippen LogP contribution < -0.4 is 0 Å². The van der Waals surface area contributed by atoms with Gasteiger partial charge < -0.3 is 0 Å². The first-order valence-electron chi connectivity index (χ1n) is 11.3. The Morgan fingerprint density at radius 1 is 0.500 bits per heavy atom. The maximum Gasteiger partial charge on any atom is 0.0725 e. The molecule has 3 aliphatic rings. The van der Waals surface area contributed by atoms with E-state index < -0.39 is 0 Å². The third kappa shape index (κ3) is 1.77. The SMILES string of the molecule is c1ccc2c(c1)-c1ccccc1C21c2ccccc2-c2cc3c(cc21)Cc1cnccc1-3. The molecule has 0 atom stereocenters. The Balaban J connectivity index is 1.54. The van der Waals surface area contributed by atoms with E-state index in [9.17, 15) is 0 Å². The zero-order valence-corrected chi connectivity index (χ0v) is 17.5. The molecule has 0 N–H and O–H groups in total. The van der Waals surface area contributed by atoms with Gasteiger partial charge in [-0.1, -0.05) is 78.9 Å². The number of rotatable bonds is 0. The van der Waals surface area contributed by atoms with Gasteiger partial charge in [-0.05, 0) is 78.9 Å². The van der Waals surface area contributed by atoms with Crippen LogP contribution in [0.2, 0.25) is 0 Å². The van der Waals surface area contributed by atoms with Crippen LogP contribution in [0.4, 0.5) is 0 Å². The van der Waals surface area contributed by atoms with Gasteiger partial charge in [0, 0.05) is 18.8 Å². The third-order valence-electron chi connectivity index (χ3n) is 7.80. The summed E-state index contributed by atoms with van der Waals surface area (Å²) in [6.07, 6.45) is 4.91. The molecular formula is C31H19N. The van der Waals surface area contributed by atoms with Crippen molar-refractivity contribution in [2.24, 2.45) is 0 Å². The van der Waals surface area contributed by atoms with Gasteiger partial charge in [-0.3, -0.25) is 4.98 Å². The number of hydrogen-bond donors (Lipinski definition) is 0. The minimum atomic E-state index is -0.249. The molecule has 0 unspecified atom stereocenters. The van der Waals surface area contributed by atoms with Crippen molar-refractivity contribution in [3.63, 3.8) is 0 Å². The zero-order valence-electron chi connectivity index (χ0n) is 17.5. The highest BCUT2D eigenvalue weighted by molar-refractivity contribution is 5.97. The van der Waals surface area contributed by atoms with Crippen LogP contribution in [0.5, 0.6) is 0 Å². The lowest BCUT2D eigenvalue weighted by atomic mass is 9.70. The highest BCUT2D eigenvalue weighted by Gasteiger charge is 2.51. The van der Waals surface area contributed by atoms with Crippen molar-refractivity contribution in [3.05, 3.63) is 137 Å². The number of hydrogen-bond acceptors (Lipinski definition) is 1. The molecule has 0 saturated carbocycles. The smallest absolute Gasteiger partial charge is 0.0725 e. The van der Waals surface area contributed by atoms with E-state index in [0.29, 0.717) is 0 Å². The summed E-state index contributed by atoms with van der Waals surface area (Å²) in [6, 6.07) is 34.1.